The van der Waals surface area contributed by atoms with Gasteiger partial charge in [-0.3, -0.25) is 4.79 Å². The van der Waals surface area contributed by atoms with Crippen molar-refractivity contribution in [1.82, 2.24) is 4.90 Å². The molecule has 0 bridgehead atoms. The fourth-order valence-corrected chi connectivity index (χ4v) is 2.96. The first kappa shape index (κ1) is 17.3. The summed E-state index contributed by atoms with van der Waals surface area (Å²) in [7, 11) is 2.86. The van der Waals surface area contributed by atoms with Gasteiger partial charge in [-0.05, 0) is 38.1 Å². The number of hydrogen-bond donors (Lipinski definition) is 0. The summed E-state index contributed by atoms with van der Waals surface area (Å²) in [6.45, 7) is 4.09. The highest BCUT2D eigenvalue weighted by molar-refractivity contribution is 9.10. The zero-order valence-electron chi connectivity index (χ0n) is 13.5. The average Bonchev–Trinajstić information content (AvgIpc) is 2.77. The summed E-state index contributed by atoms with van der Waals surface area (Å²) < 4.78 is 11.0. The first-order valence-electron chi connectivity index (χ1n) is 7.11. The van der Waals surface area contributed by atoms with Crippen LogP contribution in [0.15, 0.2) is 39.5 Å². The van der Waals surface area contributed by atoms with E-state index in [2.05, 4.69) is 15.9 Å². The van der Waals surface area contributed by atoms with Crippen molar-refractivity contribution in [1.29, 1.82) is 0 Å². The number of esters is 1. The third-order valence-electron chi connectivity index (χ3n) is 3.71. The highest BCUT2D eigenvalue weighted by Crippen LogP contribution is 2.33. The molecule has 5 nitrogen and oxygen atoms in total. The summed E-state index contributed by atoms with van der Waals surface area (Å²) in [5, 5.41) is 0. The average molecular weight is 380 g/mol. The zero-order valence-corrected chi connectivity index (χ0v) is 15.1. The Bertz CT molecular complexity index is 721. The molecule has 1 aliphatic heterocycles. The number of halogens is 1. The van der Waals surface area contributed by atoms with Gasteiger partial charge in [-0.15, -0.1) is 0 Å². The zero-order chi connectivity index (χ0) is 17.1. The van der Waals surface area contributed by atoms with E-state index in [1.54, 1.807) is 31.1 Å². The van der Waals surface area contributed by atoms with Gasteiger partial charge in [-0.25, -0.2) is 4.79 Å². The third-order valence-corrected chi connectivity index (χ3v) is 4.20. The minimum absolute atomic E-state index is 0.215. The first-order chi connectivity index (χ1) is 10.9. The van der Waals surface area contributed by atoms with Crippen LogP contribution < -0.4 is 4.74 Å². The summed E-state index contributed by atoms with van der Waals surface area (Å²) in [6, 6.07) is 5.47. The fourth-order valence-electron chi connectivity index (χ4n) is 2.58. The van der Waals surface area contributed by atoms with Crippen LogP contribution in [0.1, 0.15) is 19.4 Å². The van der Waals surface area contributed by atoms with Crippen LogP contribution in [0.2, 0.25) is 0 Å². The molecule has 0 aliphatic carbocycles. The van der Waals surface area contributed by atoms with Crippen LogP contribution in [0, 0.1) is 0 Å². The lowest BCUT2D eigenvalue weighted by molar-refractivity contribution is -0.136. The maximum Gasteiger partial charge on any atom is 0.340 e. The van der Waals surface area contributed by atoms with Crippen LogP contribution >= 0.6 is 15.9 Å². The van der Waals surface area contributed by atoms with Crippen LogP contribution in [-0.4, -0.2) is 37.5 Å². The number of amides is 1. The van der Waals surface area contributed by atoms with Gasteiger partial charge in [0, 0.05) is 22.3 Å². The molecule has 1 amide bonds. The van der Waals surface area contributed by atoms with Crippen molar-refractivity contribution in [2.75, 3.05) is 20.8 Å². The fraction of sp³-hybridized carbons (Fsp3) is 0.294. The third kappa shape index (κ3) is 3.17. The van der Waals surface area contributed by atoms with E-state index in [1.165, 1.54) is 7.11 Å². The monoisotopic (exact) mass is 379 g/mol. The molecule has 0 saturated carbocycles. The van der Waals surface area contributed by atoms with Crippen LogP contribution in [0.4, 0.5) is 0 Å². The quantitative estimate of drug-likeness (QED) is 0.595. The second-order valence-electron chi connectivity index (χ2n) is 4.95. The lowest BCUT2D eigenvalue weighted by Crippen LogP contribution is -2.24. The van der Waals surface area contributed by atoms with Gasteiger partial charge in [0.1, 0.15) is 5.75 Å². The highest BCUT2D eigenvalue weighted by Gasteiger charge is 2.36. The Morgan fingerprint density at radius 3 is 2.61 bits per heavy atom. The SMILES string of the molecule is CCN1C(=O)/C(=C\c2cc(Br)ccc2OC)C(C(=O)OC)=C1C. The van der Waals surface area contributed by atoms with Crippen LogP contribution in [0.3, 0.4) is 0 Å². The van der Waals surface area contributed by atoms with Crippen molar-refractivity contribution >= 4 is 33.9 Å². The molecule has 1 aromatic carbocycles. The van der Waals surface area contributed by atoms with E-state index in [9.17, 15) is 9.59 Å². The highest BCUT2D eigenvalue weighted by atomic mass is 79.9. The minimum atomic E-state index is -0.521. The molecular weight excluding hydrogens is 362 g/mol. The van der Waals surface area contributed by atoms with Crippen LogP contribution in [-0.2, 0) is 14.3 Å². The Kier molecular flexibility index (Phi) is 5.26. The van der Waals surface area contributed by atoms with Gasteiger partial charge in [-0.1, -0.05) is 15.9 Å². The molecule has 2 rings (SSSR count). The number of rotatable bonds is 4. The maximum absolute atomic E-state index is 12.6. The van der Waals surface area contributed by atoms with E-state index < -0.39 is 5.97 Å². The van der Waals surface area contributed by atoms with E-state index in [4.69, 9.17) is 9.47 Å². The Morgan fingerprint density at radius 2 is 2.04 bits per heavy atom. The molecule has 6 heteroatoms. The van der Waals surface area contributed by atoms with E-state index in [-0.39, 0.29) is 5.91 Å². The number of allylic oxidation sites excluding steroid dienone is 1. The van der Waals surface area contributed by atoms with E-state index in [0.29, 0.717) is 34.7 Å². The number of benzene rings is 1. The van der Waals surface area contributed by atoms with E-state index in [0.717, 1.165) is 4.47 Å². The summed E-state index contributed by atoms with van der Waals surface area (Å²) >= 11 is 3.40. The lowest BCUT2D eigenvalue weighted by atomic mass is 10.0. The molecule has 0 saturated heterocycles. The van der Waals surface area contributed by atoms with Crippen molar-refractivity contribution in [3.8, 4) is 5.75 Å². The molecule has 0 unspecified atom stereocenters. The minimum Gasteiger partial charge on any atom is -0.496 e. The van der Waals surface area contributed by atoms with Crippen molar-refractivity contribution in [3.05, 3.63) is 45.1 Å². The number of ether oxygens (including phenoxy) is 2. The van der Waals surface area contributed by atoms with Gasteiger partial charge < -0.3 is 14.4 Å². The first-order valence-corrected chi connectivity index (χ1v) is 7.90. The van der Waals surface area contributed by atoms with Gasteiger partial charge >= 0.3 is 5.97 Å². The molecule has 1 aromatic rings. The summed E-state index contributed by atoms with van der Waals surface area (Å²) in [4.78, 5) is 26.3. The molecular formula is C17H18BrNO4. The molecule has 1 aliphatic rings. The number of hydrogen-bond acceptors (Lipinski definition) is 4. The number of carbonyl (C=O) groups is 2. The number of nitrogens with zero attached hydrogens (tertiary/aromatic N) is 1. The predicted octanol–water partition coefficient (Wildman–Crippen LogP) is 3.15. The van der Waals surface area contributed by atoms with Crippen molar-refractivity contribution < 1.29 is 19.1 Å². The maximum atomic E-state index is 12.6. The van der Waals surface area contributed by atoms with Gasteiger partial charge in [-0.2, -0.15) is 0 Å². The topological polar surface area (TPSA) is 55.8 Å². The second kappa shape index (κ2) is 7.00. The van der Waals surface area contributed by atoms with Crippen LogP contribution in [0.5, 0.6) is 5.75 Å². The van der Waals surface area contributed by atoms with Crippen molar-refractivity contribution in [3.63, 3.8) is 0 Å². The Hall–Kier alpha value is -2.08. The van der Waals surface area contributed by atoms with Crippen LogP contribution in [0.25, 0.3) is 6.08 Å². The van der Waals surface area contributed by atoms with Gasteiger partial charge in [0.15, 0.2) is 0 Å². The van der Waals surface area contributed by atoms with Gasteiger partial charge in [0.25, 0.3) is 5.91 Å². The summed E-state index contributed by atoms with van der Waals surface area (Å²) in [5.74, 6) is -0.121. The Labute approximate surface area is 143 Å². The lowest BCUT2D eigenvalue weighted by Gasteiger charge is -2.14. The largest absolute Gasteiger partial charge is 0.496 e. The normalized spacial score (nSPS) is 16.3. The van der Waals surface area contributed by atoms with Crippen molar-refractivity contribution in [2.24, 2.45) is 0 Å². The summed E-state index contributed by atoms with van der Waals surface area (Å²) in [6.07, 6.45) is 1.66. The van der Waals surface area contributed by atoms with Crippen molar-refractivity contribution in [2.45, 2.75) is 13.8 Å². The van der Waals surface area contributed by atoms with E-state index >= 15 is 0 Å². The second-order valence-corrected chi connectivity index (χ2v) is 5.86. The molecule has 122 valence electrons. The smallest absolute Gasteiger partial charge is 0.340 e. The molecule has 0 radical (unpaired) electrons. The summed E-state index contributed by atoms with van der Waals surface area (Å²) in [5.41, 5.74) is 1.91. The Morgan fingerprint density at radius 1 is 1.35 bits per heavy atom. The molecule has 0 fully saturated rings. The molecule has 0 atom stereocenters. The molecule has 0 spiro atoms. The number of methoxy groups -OCH3 is 2. The molecule has 0 aromatic heterocycles. The van der Waals surface area contributed by atoms with E-state index in [1.807, 2.05) is 19.1 Å². The predicted molar refractivity (Wildman–Crippen MR) is 90.8 cm³/mol. The number of likely N-dealkylation sites (N-methyl/N-ethyl adjacent to an activating group) is 1. The van der Waals surface area contributed by atoms with Gasteiger partial charge in [0.05, 0.1) is 25.4 Å². The van der Waals surface area contributed by atoms with Gasteiger partial charge in [0.2, 0.25) is 0 Å². The number of carbonyl (C=O) groups excluding carboxylic acids is 2. The molecule has 1 heterocycles. The molecule has 0 N–H and O–H groups in total. The Balaban J connectivity index is 2.62. The standard InChI is InChI=1S/C17H18BrNO4/c1-5-19-10(2)15(17(21)23-4)13(16(19)20)9-11-8-12(18)6-7-14(11)22-3/h6-9H,5H2,1-4H3/b13-9-. The molecule has 23 heavy (non-hydrogen) atoms.